The van der Waals surface area contributed by atoms with Crippen LogP contribution in [0, 0.1) is 6.92 Å². The van der Waals surface area contributed by atoms with E-state index in [0.29, 0.717) is 24.1 Å². The molecule has 0 saturated carbocycles. The van der Waals surface area contributed by atoms with Gasteiger partial charge in [0.05, 0.1) is 25.4 Å². The molecule has 1 aromatic heterocycles. The van der Waals surface area contributed by atoms with Crippen molar-refractivity contribution in [2.45, 2.75) is 32.7 Å². The van der Waals surface area contributed by atoms with Gasteiger partial charge in [-0.05, 0) is 45.4 Å². The molecular weight excluding hydrogens is 278 g/mol. The average Bonchev–Trinajstić information content (AvgIpc) is 2.52. The van der Waals surface area contributed by atoms with Gasteiger partial charge in [-0.25, -0.2) is 0 Å². The summed E-state index contributed by atoms with van der Waals surface area (Å²) in [6, 6.07) is 6.26. The molecule has 0 aliphatic heterocycles. The smallest absolute Gasteiger partial charge is 0.170 e. The molecule has 0 aliphatic carbocycles. The number of nitrogens with one attached hydrogen (secondary N) is 1. The third kappa shape index (κ3) is 3.42. The van der Waals surface area contributed by atoms with E-state index in [1.807, 2.05) is 25.1 Å². The molecule has 1 heterocycles. The van der Waals surface area contributed by atoms with E-state index < -0.39 is 0 Å². The maximum Gasteiger partial charge on any atom is 0.170 e. The van der Waals surface area contributed by atoms with Crippen LogP contribution in [0.3, 0.4) is 0 Å². The Balaban J connectivity index is 2.50. The molecule has 0 radical (unpaired) electrons. The molecule has 0 fully saturated rings. The van der Waals surface area contributed by atoms with Crippen molar-refractivity contribution in [1.29, 1.82) is 0 Å². The van der Waals surface area contributed by atoms with Crippen LogP contribution in [0.15, 0.2) is 18.2 Å². The Morgan fingerprint density at radius 1 is 1.27 bits per heavy atom. The highest BCUT2D eigenvalue weighted by molar-refractivity contribution is 5.97. The zero-order valence-corrected chi connectivity index (χ0v) is 13.8. The summed E-state index contributed by atoms with van der Waals surface area (Å²) in [6.07, 6.45) is 2.00. The second kappa shape index (κ2) is 7.31. The Morgan fingerprint density at radius 2 is 2.05 bits per heavy atom. The molecule has 0 saturated heterocycles. The zero-order chi connectivity index (χ0) is 16.1. The summed E-state index contributed by atoms with van der Waals surface area (Å²) in [5.74, 6) is 1.42. The van der Waals surface area contributed by atoms with Gasteiger partial charge in [0, 0.05) is 23.2 Å². The van der Waals surface area contributed by atoms with E-state index in [-0.39, 0.29) is 0 Å². The number of aryl methyl sites for hydroxylation is 1. The summed E-state index contributed by atoms with van der Waals surface area (Å²) >= 11 is 0. The van der Waals surface area contributed by atoms with Gasteiger partial charge < -0.3 is 20.5 Å². The Hall–Kier alpha value is -2.01. The van der Waals surface area contributed by atoms with Crippen molar-refractivity contribution in [2.24, 2.45) is 5.73 Å². The number of aromatic nitrogens is 1. The minimum Gasteiger partial charge on any atom is -0.493 e. The molecule has 5 nitrogen and oxygen atoms in total. The van der Waals surface area contributed by atoms with E-state index in [0.717, 1.165) is 35.1 Å². The number of rotatable bonds is 7. The molecule has 0 bridgehead atoms. The van der Waals surface area contributed by atoms with E-state index in [2.05, 4.69) is 17.2 Å². The lowest BCUT2D eigenvalue weighted by molar-refractivity contribution is 0.358. The van der Waals surface area contributed by atoms with Crippen LogP contribution < -0.4 is 20.5 Å². The predicted molar refractivity (Wildman–Crippen MR) is 91.0 cm³/mol. The first kappa shape index (κ1) is 16.4. The molecular formula is C17H25N3O2. The van der Waals surface area contributed by atoms with Crippen molar-refractivity contribution in [3.05, 3.63) is 23.9 Å². The summed E-state index contributed by atoms with van der Waals surface area (Å²) in [5, 5.41) is 4.46. The van der Waals surface area contributed by atoms with E-state index in [1.165, 1.54) is 0 Å². The number of ether oxygens (including phenoxy) is 2. The largest absolute Gasteiger partial charge is 0.493 e. The van der Waals surface area contributed by atoms with Crippen LogP contribution in [0.2, 0.25) is 0 Å². The molecule has 3 N–H and O–H groups in total. The normalized spacial score (nSPS) is 12.2. The van der Waals surface area contributed by atoms with Crippen LogP contribution in [0.4, 0.5) is 5.69 Å². The Bertz CT molecular complexity index is 643. The lowest BCUT2D eigenvalue weighted by Crippen LogP contribution is -2.17. The van der Waals surface area contributed by atoms with Crippen molar-refractivity contribution in [3.63, 3.8) is 0 Å². The molecule has 1 aromatic carbocycles. The van der Waals surface area contributed by atoms with Gasteiger partial charge in [0.2, 0.25) is 0 Å². The number of benzene rings is 1. The number of hydrogen-bond donors (Lipinski definition) is 2. The van der Waals surface area contributed by atoms with Crippen molar-refractivity contribution >= 4 is 16.6 Å². The van der Waals surface area contributed by atoms with E-state index in [1.54, 1.807) is 14.2 Å². The van der Waals surface area contributed by atoms with Gasteiger partial charge in [-0.3, -0.25) is 4.98 Å². The monoisotopic (exact) mass is 303 g/mol. The molecule has 5 heteroatoms. The van der Waals surface area contributed by atoms with E-state index in [4.69, 9.17) is 15.2 Å². The van der Waals surface area contributed by atoms with Gasteiger partial charge >= 0.3 is 0 Å². The van der Waals surface area contributed by atoms with Crippen LogP contribution in [-0.2, 0) is 0 Å². The first-order valence-electron chi connectivity index (χ1n) is 7.59. The van der Waals surface area contributed by atoms with Crippen LogP contribution in [-0.4, -0.2) is 31.8 Å². The fraction of sp³-hybridized carbons (Fsp3) is 0.471. The second-order valence-electron chi connectivity index (χ2n) is 5.48. The average molecular weight is 303 g/mol. The number of nitrogens with zero attached hydrogens (tertiary/aromatic N) is 1. The SMILES string of the molecule is COc1cc(NC(C)CCCN)c2nc(C)ccc2c1OC. The fourth-order valence-electron chi connectivity index (χ4n) is 2.58. The topological polar surface area (TPSA) is 69.4 Å². The maximum atomic E-state index is 5.59. The van der Waals surface area contributed by atoms with Crippen molar-refractivity contribution in [2.75, 3.05) is 26.1 Å². The lowest BCUT2D eigenvalue weighted by atomic mass is 10.1. The van der Waals surface area contributed by atoms with Crippen LogP contribution in [0.1, 0.15) is 25.5 Å². The fourth-order valence-corrected chi connectivity index (χ4v) is 2.58. The third-order valence-corrected chi connectivity index (χ3v) is 3.70. The summed E-state index contributed by atoms with van der Waals surface area (Å²) in [7, 11) is 3.29. The standard InChI is InChI=1S/C17H25N3O2/c1-11(6-5-9-18)19-14-10-15(21-3)17(22-4)13-8-7-12(2)20-16(13)14/h7-8,10-11,19H,5-6,9,18H2,1-4H3. The predicted octanol–water partition coefficient (Wildman–Crippen LogP) is 3.10. The van der Waals surface area contributed by atoms with Crippen LogP contribution in [0.25, 0.3) is 10.9 Å². The molecule has 0 spiro atoms. The zero-order valence-electron chi connectivity index (χ0n) is 13.8. The van der Waals surface area contributed by atoms with Crippen molar-refractivity contribution in [3.8, 4) is 11.5 Å². The second-order valence-corrected chi connectivity index (χ2v) is 5.48. The number of pyridine rings is 1. The molecule has 120 valence electrons. The van der Waals surface area contributed by atoms with Crippen LogP contribution >= 0.6 is 0 Å². The minimum absolute atomic E-state index is 0.312. The first-order chi connectivity index (χ1) is 10.6. The van der Waals surface area contributed by atoms with Crippen molar-refractivity contribution < 1.29 is 9.47 Å². The number of methoxy groups -OCH3 is 2. The van der Waals surface area contributed by atoms with Gasteiger partial charge in [-0.1, -0.05) is 0 Å². The van der Waals surface area contributed by atoms with E-state index >= 15 is 0 Å². The summed E-state index contributed by atoms with van der Waals surface area (Å²) in [5.41, 5.74) is 8.42. The quantitative estimate of drug-likeness (QED) is 0.822. The Labute approximate surface area is 131 Å². The van der Waals surface area contributed by atoms with Gasteiger partial charge in [-0.15, -0.1) is 0 Å². The van der Waals surface area contributed by atoms with Gasteiger partial charge in [0.1, 0.15) is 0 Å². The molecule has 1 atom stereocenters. The van der Waals surface area contributed by atoms with Gasteiger partial charge in [0.15, 0.2) is 11.5 Å². The molecule has 2 aromatic rings. The number of fused-ring (bicyclic) bond motifs is 1. The summed E-state index contributed by atoms with van der Waals surface area (Å²) in [4.78, 5) is 4.67. The molecule has 0 aliphatic rings. The molecule has 0 amide bonds. The highest BCUT2D eigenvalue weighted by Crippen LogP contribution is 2.39. The maximum absolute atomic E-state index is 5.59. The third-order valence-electron chi connectivity index (χ3n) is 3.70. The lowest BCUT2D eigenvalue weighted by Gasteiger charge is -2.19. The summed E-state index contributed by atoms with van der Waals surface area (Å²) < 4.78 is 11.0. The van der Waals surface area contributed by atoms with Crippen LogP contribution in [0.5, 0.6) is 11.5 Å². The molecule has 22 heavy (non-hydrogen) atoms. The highest BCUT2D eigenvalue weighted by atomic mass is 16.5. The Morgan fingerprint density at radius 3 is 2.68 bits per heavy atom. The minimum atomic E-state index is 0.312. The van der Waals surface area contributed by atoms with Crippen molar-refractivity contribution in [1.82, 2.24) is 4.98 Å². The number of anilines is 1. The first-order valence-corrected chi connectivity index (χ1v) is 7.59. The number of nitrogens with two attached hydrogens (primary N) is 1. The van der Waals surface area contributed by atoms with Gasteiger partial charge in [0.25, 0.3) is 0 Å². The Kier molecular flexibility index (Phi) is 5.44. The summed E-state index contributed by atoms with van der Waals surface area (Å²) in [6.45, 7) is 4.84. The number of hydrogen-bond acceptors (Lipinski definition) is 5. The van der Waals surface area contributed by atoms with Gasteiger partial charge in [-0.2, -0.15) is 0 Å². The highest BCUT2D eigenvalue weighted by Gasteiger charge is 2.16. The molecule has 1 unspecified atom stereocenters. The molecule has 2 rings (SSSR count). The van der Waals surface area contributed by atoms with E-state index in [9.17, 15) is 0 Å².